The van der Waals surface area contributed by atoms with Crippen LogP contribution in [0.4, 0.5) is 0 Å². The number of hydrogen-bond acceptors (Lipinski definition) is 6. The van der Waals surface area contributed by atoms with E-state index in [0.29, 0.717) is 45.5 Å². The highest BCUT2D eigenvalue weighted by Gasteiger charge is 2.36. The zero-order valence-electron chi connectivity index (χ0n) is 17.5. The van der Waals surface area contributed by atoms with Gasteiger partial charge in [0.05, 0.1) is 12.5 Å². The minimum Gasteiger partial charge on any atom is -0.466 e. The van der Waals surface area contributed by atoms with E-state index in [0.717, 1.165) is 22.5 Å². The van der Waals surface area contributed by atoms with Gasteiger partial charge in [0, 0.05) is 26.2 Å². The van der Waals surface area contributed by atoms with Crippen molar-refractivity contribution in [1.29, 1.82) is 0 Å². The van der Waals surface area contributed by atoms with E-state index in [-0.39, 0.29) is 34.1 Å². The molecule has 0 spiro atoms. The van der Waals surface area contributed by atoms with Crippen LogP contribution in [0.5, 0.6) is 0 Å². The third kappa shape index (κ3) is 4.40. The number of nitrogens with zero attached hydrogens (tertiary/aromatic N) is 2. The summed E-state index contributed by atoms with van der Waals surface area (Å²) in [6, 6.07) is 9.35. The standard InChI is InChI=1S/C22H26N2O5S2/c1-2-29-22(26)18-8-5-11-23(14-18)21(25)20-19(10-13-30-20)31(27,28)24-12-9-16-6-3-4-7-17(16)15-24/h3-4,6-7,10,13,18H,2,5,8-9,11-12,14-15H2,1H3. The highest BCUT2D eigenvalue weighted by atomic mass is 32.2. The van der Waals surface area contributed by atoms with Gasteiger partial charge < -0.3 is 9.64 Å². The number of likely N-dealkylation sites (tertiary alicyclic amines) is 1. The summed E-state index contributed by atoms with van der Waals surface area (Å²) in [5.74, 6) is -0.998. The molecule has 0 saturated carbocycles. The average molecular weight is 463 g/mol. The van der Waals surface area contributed by atoms with Crippen LogP contribution in [0, 0.1) is 5.92 Å². The number of carbonyl (C=O) groups is 2. The van der Waals surface area contributed by atoms with Gasteiger partial charge >= 0.3 is 5.97 Å². The van der Waals surface area contributed by atoms with Crippen molar-refractivity contribution in [1.82, 2.24) is 9.21 Å². The van der Waals surface area contributed by atoms with Gasteiger partial charge in [-0.25, -0.2) is 8.42 Å². The van der Waals surface area contributed by atoms with E-state index in [1.807, 2.05) is 24.3 Å². The Morgan fingerprint density at radius 2 is 1.94 bits per heavy atom. The third-order valence-corrected chi connectivity index (χ3v) is 8.78. The second-order valence-corrected chi connectivity index (χ2v) is 10.6. The molecule has 0 aliphatic carbocycles. The number of benzene rings is 1. The van der Waals surface area contributed by atoms with Gasteiger partial charge in [0.25, 0.3) is 5.91 Å². The molecular weight excluding hydrogens is 436 g/mol. The molecule has 1 aromatic carbocycles. The normalized spacial score (nSPS) is 19.6. The van der Waals surface area contributed by atoms with Crippen LogP contribution in [0.25, 0.3) is 0 Å². The van der Waals surface area contributed by atoms with Crippen LogP contribution in [0.3, 0.4) is 0 Å². The molecule has 166 valence electrons. The van der Waals surface area contributed by atoms with Gasteiger partial charge in [-0.05, 0) is 48.8 Å². The topological polar surface area (TPSA) is 84.0 Å². The Morgan fingerprint density at radius 1 is 1.16 bits per heavy atom. The Balaban J connectivity index is 1.54. The van der Waals surface area contributed by atoms with Gasteiger partial charge in [0.2, 0.25) is 10.0 Å². The van der Waals surface area contributed by atoms with Crippen LogP contribution >= 0.6 is 11.3 Å². The van der Waals surface area contributed by atoms with Gasteiger partial charge in [-0.3, -0.25) is 9.59 Å². The van der Waals surface area contributed by atoms with E-state index in [9.17, 15) is 18.0 Å². The first-order chi connectivity index (χ1) is 14.9. The summed E-state index contributed by atoms with van der Waals surface area (Å²) in [5, 5.41) is 1.64. The molecule has 1 aromatic heterocycles. The van der Waals surface area contributed by atoms with Gasteiger partial charge in [-0.1, -0.05) is 24.3 Å². The van der Waals surface area contributed by atoms with Crippen LogP contribution in [0.1, 0.15) is 40.6 Å². The number of rotatable bonds is 5. The van der Waals surface area contributed by atoms with Crippen molar-refractivity contribution in [2.24, 2.45) is 5.92 Å². The Labute approximate surface area is 186 Å². The predicted octanol–water partition coefficient (Wildman–Crippen LogP) is 2.91. The molecule has 0 radical (unpaired) electrons. The maximum atomic E-state index is 13.4. The SMILES string of the molecule is CCOC(=O)C1CCCN(C(=O)c2sccc2S(=O)(=O)N2CCc3ccccc3C2)C1. The number of carbonyl (C=O) groups excluding carboxylic acids is 2. The Hall–Kier alpha value is -2.23. The number of ether oxygens (including phenoxy) is 1. The molecule has 1 unspecified atom stereocenters. The van der Waals surface area contributed by atoms with Crippen molar-refractivity contribution >= 4 is 33.2 Å². The zero-order valence-corrected chi connectivity index (χ0v) is 19.1. The van der Waals surface area contributed by atoms with E-state index in [4.69, 9.17) is 4.74 Å². The fraction of sp³-hybridized carbons (Fsp3) is 0.455. The predicted molar refractivity (Wildman–Crippen MR) is 117 cm³/mol. The van der Waals surface area contributed by atoms with Crippen molar-refractivity contribution in [2.45, 2.75) is 37.6 Å². The summed E-state index contributed by atoms with van der Waals surface area (Å²) in [4.78, 5) is 27.2. The molecule has 9 heteroatoms. The lowest BCUT2D eigenvalue weighted by molar-refractivity contribution is -0.149. The second-order valence-electron chi connectivity index (χ2n) is 7.81. The van der Waals surface area contributed by atoms with Crippen LogP contribution in [-0.2, 0) is 32.5 Å². The Bertz CT molecular complexity index is 1080. The average Bonchev–Trinajstić information content (AvgIpc) is 3.29. The number of hydrogen-bond donors (Lipinski definition) is 0. The maximum absolute atomic E-state index is 13.4. The first-order valence-corrected chi connectivity index (χ1v) is 12.8. The fourth-order valence-corrected chi connectivity index (χ4v) is 7.01. The summed E-state index contributed by atoms with van der Waals surface area (Å²) < 4.78 is 33.4. The lowest BCUT2D eigenvalue weighted by Crippen LogP contribution is -2.43. The lowest BCUT2D eigenvalue weighted by atomic mass is 9.98. The maximum Gasteiger partial charge on any atom is 0.310 e. The Morgan fingerprint density at radius 3 is 2.71 bits per heavy atom. The summed E-state index contributed by atoms with van der Waals surface area (Å²) in [7, 11) is -3.81. The molecule has 2 aromatic rings. The quantitative estimate of drug-likeness (QED) is 0.638. The van der Waals surface area contributed by atoms with Gasteiger partial charge in [-0.15, -0.1) is 11.3 Å². The number of thiophene rings is 1. The third-order valence-electron chi connectivity index (χ3n) is 5.87. The van der Waals surface area contributed by atoms with E-state index >= 15 is 0 Å². The molecule has 2 aliphatic rings. The summed E-state index contributed by atoms with van der Waals surface area (Å²) >= 11 is 1.13. The molecule has 4 rings (SSSR count). The summed E-state index contributed by atoms with van der Waals surface area (Å²) in [5.41, 5.74) is 2.16. The highest BCUT2D eigenvalue weighted by molar-refractivity contribution is 7.89. The molecule has 7 nitrogen and oxygen atoms in total. The number of esters is 1. The molecule has 0 bridgehead atoms. The molecule has 1 atom stereocenters. The largest absolute Gasteiger partial charge is 0.466 e. The van der Waals surface area contributed by atoms with Crippen LogP contribution in [0.2, 0.25) is 0 Å². The van der Waals surface area contributed by atoms with Crippen LogP contribution < -0.4 is 0 Å². The van der Waals surface area contributed by atoms with Gasteiger partial charge in [0.1, 0.15) is 9.77 Å². The number of amides is 1. The highest BCUT2D eigenvalue weighted by Crippen LogP contribution is 2.31. The minimum atomic E-state index is -3.81. The van der Waals surface area contributed by atoms with Crippen molar-refractivity contribution < 1.29 is 22.7 Å². The molecule has 1 saturated heterocycles. The van der Waals surface area contributed by atoms with Crippen molar-refractivity contribution in [3.05, 3.63) is 51.7 Å². The molecule has 0 N–H and O–H groups in total. The number of fused-ring (bicyclic) bond motifs is 1. The summed E-state index contributed by atoms with van der Waals surface area (Å²) in [6.07, 6.45) is 2.01. The molecule has 3 heterocycles. The molecule has 2 aliphatic heterocycles. The second kappa shape index (κ2) is 9.10. The van der Waals surface area contributed by atoms with Crippen molar-refractivity contribution in [3.63, 3.8) is 0 Å². The van der Waals surface area contributed by atoms with E-state index in [2.05, 4.69) is 0 Å². The monoisotopic (exact) mass is 462 g/mol. The fourth-order valence-electron chi connectivity index (χ4n) is 4.23. The lowest BCUT2D eigenvalue weighted by Gasteiger charge is -2.32. The molecular formula is C22H26N2O5S2. The summed E-state index contributed by atoms with van der Waals surface area (Å²) in [6.45, 7) is 3.50. The molecule has 31 heavy (non-hydrogen) atoms. The van der Waals surface area contributed by atoms with Gasteiger partial charge in [-0.2, -0.15) is 4.31 Å². The first kappa shape index (κ1) is 22.0. The van der Waals surface area contributed by atoms with Crippen molar-refractivity contribution in [3.8, 4) is 0 Å². The smallest absolute Gasteiger partial charge is 0.310 e. The zero-order chi connectivity index (χ0) is 22.0. The van der Waals surface area contributed by atoms with E-state index in [1.165, 1.54) is 10.4 Å². The minimum absolute atomic E-state index is 0.0557. The van der Waals surface area contributed by atoms with Gasteiger partial charge in [0.15, 0.2) is 0 Å². The first-order valence-electron chi connectivity index (χ1n) is 10.5. The van der Waals surface area contributed by atoms with Crippen molar-refractivity contribution in [2.75, 3.05) is 26.2 Å². The Kier molecular flexibility index (Phi) is 6.45. The molecule has 1 fully saturated rings. The number of sulfonamides is 1. The van der Waals surface area contributed by atoms with E-state index in [1.54, 1.807) is 17.2 Å². The number of piperidine rings is 1. The molecule has 1 amide bonds. The van der Waals surface area contributed by atoms with E-state index < -0.39 is 10.0 Å². The van der Waals surface area contributed by atoms with Crippen LogP contribution in [-0.4, -0.2) is 55.7 Å². The van der Waals surface area contributed by atoms with Crippen LogP contribution in [0.15, 0.2) is 40.6 Å².